The summed E-state index contributed by atoms with van der Waals surface area (Å²) >= 11 is 0. The number of hydrogen-bond acceptors (Lipinski definition) is 8. The number of hydrogen-bond donors (Lipinski definition) is 3. The molecule has 190 valence electrons. The van der Waals surface area contributed by atoms with Crippen LogP contribution in [0, 0.1) is 0 Å². The molecule has 1 aliphatic rings. The molecular formula is C25H33N9O2. The zero-order valence-electron chi connectivity index (χ0n) is 21.3. The Morgan fingerprint density at radius 1 is 1.22 bits per heavy atom. The highest BCUT2D eigenvalue weighted by atomic mass is 16.2. The van der Waals surface area contributed by atoms with Crippen molar-refractivity contribution in [3.63, 3.8) is 0 Å². The molecule has 1 aliphatic heterocycles. The highest BCUT2D eigenvalue weighted by Crippen LogP contribution is 2.35. The Labute approximate surface area is 210 Å². The minimum absolute atomic E-state index is 0.0181. The molecule has 3 heterocycles. The molecule has 0 aliphatic carbocycles. The first kappa shape index (κ1) is 25.0. The molecule has 1 saturated heterocycles. The van der Waals surface area contributed by atoms with Crippen LogP contribution in [-0.4, -0.2) is 61.0 Å². The maximum atomic E-state index is 13.4. The van der Waals surface area contributed by atoms with Crippen LogP contribution in [0.15, 0.2) is 42.9 Å². The largest absolute Gasteiger partial charge is 0.403 e. The van der Waals surface area contributed by atoms with Crippen molar-refractivity contribution in [1.82, 2.24) is 24.5 Å². The standard InChI is InChI=1S/C25H33N9O2/c1-15(2)33(28)21(13-26)19-12-20(34-22(19)23(27)29-14-30-34)17-7-6-8-18(11-17)31-9-10-32(16(3)35)25(4,5)24(31)36/h6-8,11-15H,9-10,26,28H2,1-5H3,(H2,27,29,30)/b21-13-. The maximum absolute atomic E-state index is 13.4. The van der Waals surface area contributed by atoms with Gasteiger partial charge in [-0.05, 0) is 45.9 Å². The van der Waals surface area contributed by atoms with Crippen molar-refractivity contribution in [2.24, 2.45) is 11.6 Å². The number of fused-ring (bicyclic) bond motifs is 1. The number of aromatic nitrogens is 3. The first-order chi connectivity index (χ1) is 17.0. The van der Waals surface area contributed by atoms with E-state index < -0.39 is 5.54 Å². The first-order valence-electron chi connectivity index (χ1n) is 11.8. The quantitative estimate of drug-likeness (QED) is 0.361. The van der Waals surface area contributed by atoms with E-state index in [1.807, 2.05) is 44.2 Å². The highest BCUT2D eigenvalue weighted by molar-refractivity contribution is 6.03. The zero-order valence-corrected chi connectivity index (χ0v) is 21.3. The van der Waals surface area contributed by atoms with Crippen LogP contribution < -0.4 is 22.2 Å². The summed E-state index contributed by atoms with van der Waals surface area (Å²) in [6, 6.07) is 9.52. The molecule has 0 unspecified atom stereocenters. The molecule has 0 atom stereocenters. The van der Waals surface area contributed by atoms with E-state index in [0.29, 0.717) is 29.9 Å². The van der Waals surface area contributed by atoms with Crippen LogP contribution in [0.25, 0.3) is 22.5 Å². The molecule has 6 N–H and O–H groups in total. The van der Waals surface area contributed by atoms with Crippen molar-refractivity contribution in [2.45, 2.75) is 46.2 Å². The Kier molecular flexibility index (Phi) is 6.35. The fraction of sp³-hybridized carbons (Fsp3) is 0.360. The van der Waals surface area contributed by atoms with E-state index in [0.717, 1.165) is 16.9 Å². The topological polar surface area (TPSA) is 152 Å². The molecule has 0 saturated carbocycles. The van der Waals surface area contributed by atoms with E-state index >= 15 is 0 Å². The number of carbonyl (C=O) groups excluding carboxylic acids is 2. The fourth-order valence-corrected chi connectivity index (χ4v) is 4.72. The van der Waals surface area contributed by atoms with E-state index in [-0.39, 0.29) is 23.7 Å². The van der Waals surface area contributed by atoms with Crippen LogP contribution >= 0.6 is 0 Å². The molecule has 0 spiro atoms. The van der Waals surface area contributed by atoms with Gasteiger partial charge in [-0.25, -0.2) is 15.3 Å². The van der Waals surface area contributed by atoms with Crippen LogP contribution in [0.3, 0.4) is 0 Å². The van der Waals surface area contributed by atoms with Gasteiger partial charge in [-0.3, -0.25) is 9.59 Å². The summed E-state index contributed by atoms with van der Waals surface area (Å²) < 4.78 is 1.70. The lowest BCUT2D eigenvalue weighted by molar-refractivity contribution is -0.145. The molecule has 0 radical (unpaired) electrons. The van der Waals surface area contributed by atoms with Crippen LogP contribution in [0.4, 0.5) is 11.5 Å². The van der Waals surface area contributed by atoms with Gasteiger partial charge in [-0.15, -0.1) is 0 Å². The van der Waals surface area contributed by atoms with E-state index in [9.17, 15) is 9.59 Å². The smallest absolute Gasteiger partial charge is 0.252 e. The minimum Gasteiger partial charge on any atom is -0.403 e. The molecule has 11 heteroatoms. The summed E-state index contributed by atoms with van der Waals surface area (Å²) in [7, 11) is 0. The van der Waals surface area contributed by atoms with Gasteiger partial charge in [0.1, 0.15) is 17.4 Å². The summed E-state index contributed by atoms with van der Waals surface area (Å²) in [6.07, 6.45) is 2.83. The summed E-state index contributed by atoms with van der Waals surface area (Å²) in [5, 5.41) is 6.01. The van der Waals surface area contributed by atoms with E-state index in [4.69, 9.17) is 17.3 Å². The van der Waals surface area contributed by atoms with Gasteiger partial charge in [0.05, 0.1) is 11.4 Å². The van der Waals surface area contributed by atoms with Crippen LogP contribution in [-0.2, 0) is 9.59 Å². The molecule has 1 aromatic carbocycles. The van der Waals surface area contributed by atoms with Gasteiger partial charge in [0.2, 0.25) is 5.91 Å². The van der Waals surface area contributed by atoms with Gasteiger partial charge >= 0.3 is 0 Å². The molecule has 3 aromatic rings. The van der Waals surface area contributed by atoms with Crippen molar-refractivity contribution < 1.29 is 9.59 Å². The number of benzene rings is 1. The summed E-state index contributed by atoms with van der Waals surface area (Å²) in [5.74, 6) is 6.34. The van der Waals surface area contributed by atoms with Crippen LogP contribution in [0.5, 0.6) is 0 Å². The Hall–Kier alpha value is -4.12. The van der Waals surface area contributed by atoms with Crippen molar-refractivity contribution in [1.29, 1.82) is 0 Å². The molecule has 4 rings (SSSR count). The minimum atomic E-state index is -0.945. The number of nitrogen functional groups attached to an aromatic ring is 1. The Morgan fingerprint density at radius 2 is 1.94 bits per heavy atom. The second kappa shape index (κ2) is 9.15. The lowest BCUT2D eigenvalue weighted by Gasteiger charge is -2.45. The second-order valence-corrected chi connectivity index (χ2v) is 9.64. The Bertz CT molecular complexity index is 1360. The molecule has 0 bridgehead atoms. The zero-order chi connectivity index (χ0) is 26.4. The van der Waals surface area contributed by atoms with Gasteiger partial charge in [0.25, 0.3) is 5.91 Å². The normalized spacial score (nSPS) is 16.2. The SMILES string of the molecule is CC(=O)N1CCN(c2cccc(-c3cc(/C(=C/N)N(N)C(C)C)c4c(N)ncnn34)c2)C(=O)C1(C)C. The highest BCUT2D eigenvalue weighted by Gasteiger charge is 2.43. The average Bonchev–Trinajstić information content (AvgIpc) is 3.21. The predicted molar refractivity (Wildman–Crippen MR) is 140 cm³/mol. The van der Waals surface area contributed by atoms with Gasteiger partial charge < -0.3 is 26.3 Å². The predicted octanol–water partition coefficient (Wildman–Crippen LogP) is 1.79. The Morgan fingerprint density at radius 3 is 2.58 bits per heavy atom. The number of piperazine rings is 1. The molecular weight excluding hydrogens is 458 g/mol. The first-order valence-corrected chi connectivity index (χ1v) is 11.8. The van der Waals surface area contributed by atoms with Gasteiger partial charge in [0.15, 0.2) is 5.82 Å². The number of amides is 2. The number of carbonyl (C=O) groups is 2. The third-order valence-electron chi connectivity index (χ3n) is 6.68. The Balaban J connectivity index is 1.82. The molecule has 2 aromatic heterocycles. The van der Waals surface area contributed by atoms with Crippen molar-refractivity contribution in [3.8, 4) is 11.3 Å². The van der Waals surface area contributed by atoms with Gasteiger partial charge in [-0.2, -0.15) is 5.10 Å². The van der Waals surface area contributed by atoms with Crippen molar-refractivity contribution in [2.75, 3.05) is 23.7 Å². The number of nitrogens with two attached hydrogens (primary N) is 3. The van der Waals surface area contributed by atoms with Crippen LogP contribution in [0.2, 0.25) is 0 Å². The third-order valence-corrected chi connectivity index (χ3v) is 6.68. The summed E-state index contributed by atoms with van der Waals surface area (Å²) in [6.45, 7) is 9.79. The number of hydrazine groups is 1. The molecule has 36 heavy (non-hydrogen) atoms. The second-order valence-electron chi connectivity index (χ2n) is 9.64. The van der Waals surface area contributed by atoms with E-state index in [1.165, 1.54) is 19.5 Å². The lowest BCUT2D eigenvalue weighted by Crippen LogP contribution is -2.64. The third kappa shape index (κ3) is 4.01. The number of rotatable bonds is 5. The van der Waals surface area contributed by atoms with E-state index in [1.54, 1.807) is 33.2 Å². The molecule has 11 nitrogen and oxygen atoms in total. The maximum Gasteiger partial charge on any atom is 0.252 e. The van der Waals surface area contributed by atoms with Gasteiger partial charge in [-0.1, -0.05) is 12.1 Å². The van der Waals surface area contributed by atoms with Crippen molar-refractivity contribution in [3.05, 3.63) is 48.4 Å². The average molecular weight is 492 g/mol. The lowest BCUT2D eigenvalue weighted by atomic mass is 9.96. The monoisotopic (exact) mass is 491 g/mol. The van der Waals surface area contributed by atoms with Crippen LogP contribution in [0.1, 0.15) is 40.2 Å². The molecule has 1 fully saturated rings. The fourth-order valence-electron chi connectivity index (χ4n) is 4.72. The van der Waals surface area contributed by atoms with Crippen molar-refractivity contribution >= 4 is 34.5 Å². The molecule has 2 amide bonds. The summed E-state index contributed by atoms with van der Waals surface area (Å²) in [5.41, 5.74) is 15.4. The number of nitrogens with zero attached hydrogens (tertiary/aromatic N) is 6. The summed E-state index contributed by atoms with van der Waals surface area (Å²) in [4.78, 5) is 32.9. The van der Waals surface area contributed by atoms with E-state index in [2.05, 4.69) is 10.1 Å². The van der Waals surface area contributed by atoms with Gasteiger partial charge in [0, 0.05) is 49.1 Å². The number of anilines is 2.